The van der Waals surface area contributed by atoms with Crippen molar-refractivity contribution in [3.63, 3.8) is 0 Å². The van der Waals surface area contributed by atoms with Crippen molar-refractivity contribution < 1.29 is 14.3 Å². The number of aliphatic hydroxyl groups excluding tert-OH is 1. The van der Waals surface area contributed by atoms with Crippen LogP contribution < -0.4 is 5.32 Å². The van der Waals surface area contributed by atoms with Crippen molar-refractivity contribution in [3.8, 4) is 0 Å². The molecule has 25 heavy (non-hydrogen) atoms. The Labute approximate surface area is 148 Å². The highest BCUT2D eigenvalue weighted by molar-refractivity contribution is 5.89. The number of carbonyl (C=O) groups excluding carboxylic acids is 1. The van der Waals surface area contributed by atoms with Gasteiger partial charge in [0.05, 0.1) is 6.26 Å². The van der Waals surface area contributed by atoms with Crippen LogP contribution in [0.4, 0.5) is 10.5 Å². The van der Waals surface area contributed by atoms with Gasteiger partial charge in [0.1, 0.15) is 11.9 Å². The summed E-state index contributed by atoms with van der Waals surface area (Å²) in [6.07, 6.45) is 5.45. The molecule has 0 bridgehead atoms. The van der Waals surface area contributed by atoms with Gasteiger partial charge >= 0.3 is 6.03 Å². The Kier molecular flexibility index (Phi) is 5.76. The summed E-state index contributed by atoms with van der Waals surface area (Å²) in [5.74, 6) is 0.559. The first-order valence-electron chi connectivity index (χ1n) is 8.99. The summed E-state index contributed by atoms with van der Waals surface area (Å²) in [5.41, 5.74) is 1.91. The number of amides is 2. The zero-order valence-corrected chi connectivity index (χ0v) is 14.6. The maximum Gasteiger partial charge on any atom is 0.322 e. The number of hydrogen-bond donors (Lipinski definition) is 2. The third kappa shape index (κ3) is 4.63. The van der Waals surface area contributed by atoms with Crippen molar-refractivity contribution in [2.75, 3.05) is 11.9 Å². The van der Waals surface area contributed by atoms with Crippen LogP contribution in [0.1, 0.15) is 49.5 Å². The van der Waals surface area contributed by atoms with Gasteiger partial charge in [-0.3, -0.25) is 0 Å². The molecule has 0 spiro atoms. The van der Waals surface area contributed by atoms with Gasteiger partial charge in [-0.25, -0.2) is 4.79 Å². The van der Waals surface area contributed by atoms with Gasteiger partial charge in [0.25, 0.3) is 0 Å². The van der Waals surface area contributed by atoms with Gasteiger partial charge in [-0.1, -0.05) is 25.0 Å². The number of likely N-dealkylation sites (tertiary alicyclic amines) is 1. The van der Waals surface area contributed by atoms with E-state index in [1.165, 1.54) is 0 Å². The number of rotatable bonds is 4. The van der Waals surface area contributed by atoms with Crippen molar-refractivity contribution in [1.82, 2.24) is 4.90 Å². The fourth-order valence-electron chi connectivity index (χ4n) is 3.46. The summed E-state index contributed by atoms with van der Waals surface area (Å²) < 4.78 is 5.30. The second kappa shape index (κ2) is 8.21. The van der Waals surface area contributed by atoms with E-state index >= 15 is 0 Å². The number of aryl methyl sites for hydroxylation is 1. The average Bonchev–Trinajstić information content (AvgIpc) is 3.02. The minimum Gasteiger partial charge on any atom is -0.467 e. The minimum absolute atomic E-state index is 0.00686. The predicted octanol–water partition coefficient (Wildman–Crippen LogP) is 4.49. The molecular formula is C20H26N2O3. The van der Waals surface area contributed by atoms with E-state index in [2.05, 4.69) is 5.32 Å². The van der Waals surface area contributed by atoms with Gasteiger partial charge in [0.15, 0.2) is 0 Å². The molecule has 0 saturated carbocycles. The Morgan fingerprint density at radius 3 is 2.96 bits per heavy atom. The summed E-state index contributed by atoms with van der Waals surface area (Å²) in [6, 6.07) is 11.3. The van der Waals surface area contributed by atoms with Crippen molar-refractivity contribution >= 4 is 11.7 Å². The second-order valence-corrected chi connectivity index (χ2v) is 6.76. The van der Waals surface area contributed by atoms with Crippen LogP contribution >= 0.6 is 0 Å². The highest BCUT2D eigenvalue weighted by atomic mass is 16.4. The summed E-state index contributed by atoms with van der Waals surface area (Å²) in [7, 11) is 0. The Hall–Kier alpha value is -2.27. The molecule has 5 nitrogen and oxygen atoms in total. The van der Waals surface area contributed by atoms with E-state index < -0.39 is 6.10 Å². The van der Waals surface area contributed by atoms with Crippen LogP contribution in [0, 0.1) is 6.92 Å². The highest BCUT2D eigenvalue weighted by Gasteiger charge is 2.28. The largest absolute Gasteiger partial charge is 0.467 e. The van der Waals surface area contributed by atoms with Crippen LogP contribution in [0.25, 0.3) is 0 Å². The molecule has 2 amide bonds. The predicted molar refractivity (Wildman–Crippen MR) is 97.4 cm³/mol. The SMILES string of the molecule is Cc1cccc(NC(=O)N2CCCCCC2CC(O)c2ccco2)c1. The summed E-state index contributed by atoms with van der Waals surface area (Å²) >= 11 is 0. The lowest BCUT2D eigenvalue weighted by Crippen LogP contribution is -2.43. The molecule has 1 fully saturated rings. The lowest BCUT2D eigenvalue weighted by molar-refractivity contribution is 0.0987. The molecule has 2 N–H and O–H groups in total. The number of benzene rings is 1. The number of nitrogens with one attached hydrogen (secondary N) is 1. The van der Waals surface area contributed by atoms with Crippen molar-refractivity contribution in [1.29, 1.82) is 0 Å². The first-order chi connectivity index (χ1) is 12.1. The monoisotopic (exact) mass is 342 g/mol. The van der Waals surface area contributed by atoms with Crippen LogP contribution in [0.2, 0.25) is 0 Å². The smallest absolute Gasteiger partial charge is 0.322 e. The molecule has 0 aliphatic carbocycles. The minimum atomic E-state index is -0.688. The van der Waals surface area contributed by atoms with Gasteiger partial charge < -0.3 is 19.7 Å². The molecule has 2 atom stereocenters. The highest BCUT2D eigenvalue weighted by Crippen LogP contribution is 2.27. The molecule has 3 rings (SSSR count). The van der Waals surface area contributed by atoms with Crippen LogP contribution in [-0.4, -0.2) is 28.6 Å². The van der Waals surface area contributed by atoms with Gasteiger partial charge in [0, 0.05) is 24.7 Å². The van der Waals surface area contributed by atoms with Crippen molar-refractivity contribution in [3.05, 3.63) is 54.0 Å². The number of hydrogen-bond acceptors (Lipinski definition) is 3. The Bertz CT molecular complexity index is 684. The molecule has 134 valence electrons. The zero-order chi connectivity index (χ0) is 17.6. The molecule has 2 aromatic rings. The van der Waals surface area contributed by atoms with E-state index in [4.69, 9.17) is 4.42 Å². The number of aliphatic hydroxyl groups is 1. The number of anilines is 1. The zero-order valence-electron chi connectivity index (χ0n) is 14.6. The van der Waals surface area contributed by atoms with Crippen LogP contribution in [0.5, 0.6) is 0 Å². The van der Waals surface area contributed by atoms with E-state index in [9.17, 15) is 9.90 Å². The third-order valence-corrected chi connectivity index (χ3v) is 4.77. The fourth-order valence-corrected chi connectivity index (χ4v) is 3.46. The standard InChI is InChI=1S/C20H26N2O3/c1-15-7-5-8-16(13-15)21-20(24)22-11-4-2-3-9-17(22)14-18(23)19-10-6-12-25-19/h5-8,10,12-13,17-18,23H,2-4,9,11,14H2,1H3,(H,21,24). The molecular weight excluding hydrogens is 316 g/mol. The van der Waals surface area contributed by atoms with E-state index in [0.29, 0.717) is 18.7 Å². The Morgan fingerprint density at radius 2 is 2.20 bits per heavy atom. The summed E-state index contributed by atoms with van der Waals surface area (Å²) in [5, 5.41) is 13.4. The number of nitrogens with zero attached hydrogens (tertiary/aromatic N) is 1. The molecule has 2 heterocycles. The van der Waals surface area contributed by atoms with E-state index in [-0.39, 0.29) is 12.1 Å². The van der Waals surface area contributed by atoms with E-state index in [0.717, 1.165) is 36.9 Å². The molecule has 1 aromatic carbocycles. The molecule has 0 radical (unpaired) electrons. The first-order valence-corrected chi connectivity index (χ1v) is 8.99. The molecule has 1 saturated heterocycles. The van der Waals surface area contributed by atoms with Crippen LogP contribution in [0.3, 0.4) is 0 Å². The maximum atomic E-state index is 12.8. The lowest BCUT2D eigenvalue weighted by atomic mass is 10.0. The van der Waals surface area contributed by atoms with Gasteiger partial charge in [0.2, 0.25) is 0 Å². The Morgan fingerprint density at radius 1 is 1.32 bits per heavy atom. The van der Waals surface area contributed by atoms with E-state index in [1.807, 2.05) is 36.1 Å². The van der Waals surface area contributed by atoms with Gasteiger partial charge in [-0.05, 0) is 49.6 Å². The van der Waals surface area contributed by atoms with Crippen molar-refractivity contribution in [2.24, 2.45) is 0 Å². The maximum absolute atomic E-state index is 12.8. The molecule has 2 unspecified atom stereocenters. The molecule has 1 aliphatic heterocycles. The fraction of sp³-hybridized carbons (Fsp3) is 0.450. The topological polar surface area (TPSA) is 65.7 Å². The number of urea groups is 1. The van der Waals surface area contributed by atoms with E-state index in [1.54, 1.807) is 18.4 Å². The molecule has 1 aromatic heterocycles. The van der Waals surface area contributed by atoms with Gasteiger partial charge in [-0.15, -0.1) is 0 Å². The summed E-state index contributed by atoms with van der Waals surface area (Å²) in [6.45, 7) is 2.72. The third-order valence-electron chi connectivity index (χ3n) is 4.77. The summed E-state index contributed by atoms with van der Waals surface area (Å²) in [4.78, 5) is 14.7. The Balaban J connectivity index is 1.70. The number of carbonyl (C=O) groups is 1. The molecule has 1 aliphatic rings. The van der Waals surface area contributed by atoms with Crippen molar-refractivity contribution in [2.45, 2.75) is 51.2 Å². The quantitative estimate of drug-likeness (QED) is 0.860. The number of furan rings is 1. The average molecular weight is 342 g/mol. The van der Waals surface area contributed by atoms with Gasteiger partial charge in [-0.2, -0.15) is 0 Å². The molecule has 5 heteroatoms. The normalized spacial score (nSPS) is 19.3. The first kappa shape index (κ1) is 17.5. The second-order valence-electron chi connectivity index (χ2n) is 6.76. The van der Waals surface area contributed by atoms with Crippen LogP contribution in [0.15, 0.2) is 47.1 Å². The van der Waals surface area contributed by atoms with Crippen LogP contribution in [-0.2, 0) is 0 Å². The lowest BCUT2D eigenvalue weighted by Gasteiger charge is -2.31.